The lowest BCUT2D eigenvalue weighted by Gasteiger charge is -2.13. The summed E-state index contributed by atoms with van der Waals surface area (Å²) in [6, 6.07) is 16.7. The maximum Gasteiger partial charge on any atom is 0.274 e. The van der Waals surface area contributed by atoms with E-state index in [0.29, 0.717) is 36.9 Å². The van der Waals surface area contributed by atoms with Gasteiger partial charge >= 0.3 is 0 Å². The van der Waals surface area contributed by atoms with E-state index in [2.05, 4.69) is 10.4 Å². The first kappa shape index (κ1) is 19.6. The van der Waals surface area contributed by atoms with Crippen LogP contribution in [0.3, 0.4) is 0 Å². The van der Waals surface area contributed by atoms with Gasteiger partial charge in [-0.05, 0) is 30.5 Å². The molecule has 0 aliphatic carbocycles. The van der Waals surface area contributed by atoms with E-state index in [1.54, 1.807) is 24.3 Å². The summed E-state index contributed by atoms with van der Waals surface area (Å²) in [5.41, 5.74) is 0.108. The smallest absolute Gasteiger partial charge is 0.274 e. The molecule has 0 aliphatic rings. The lowest BCUT2D eigenvalue weighted by atomic mass is 10.1. The zero-order valence-corrected chi connectivity index (χ0v) is 16.2. The molecule has 1 heterocycles. The average molecular weight is 379 g/mol. The summed E-state index contributed by atoms with van der Waals surface area (Å²) in [7, 11) is 0. The monoisotopic (exact) mass is 379 g/mol. The number of para-hydroxylation sites is 1. The second-order valence-corrected chi connectivity index (χ2v) is 7.05. The van der Waals surface area contributed by atoms with Gasteiger partial charge in [0.15, 0.2) is 5.69 Å². The molecule has 1 aromatic heterocycles. The van der Waals surface area contributed by atoms with Crippen molar-refractivity contribution in [3.05, 3.63) is 70.6 Å². The van der Waals surface area contributed by atoms with Crippen LogP contribution in [0.1, 0.15) is 30.8 Å². The van der Waals surface area contributed by atoms with Crippen LogP contribution in [0.15, 0.2) is 59.4 Å². The summed E-state index contributed by atoms with van der Waals surface area (Å²) in [6.45, 7) is 5.46. The normalized spacial score (nSPS) is 11.0. The van der Waals surface area contributed by atoms with Crippen molar-refractivity contribution < 1.29 is 9.53 Å². The summed E-state index contributed by atoms with van der Waals surface area (Å²) in [6.07, 6.45) is 0.671. The van der Waals surface area contributed by atoms with Crippen molar-refractivity contribution in [3.63, 3.8) is 0 Å². The molecule has 6 heteroatoms. The zero-order chi connectivity index (χ0) is 19.9. The molecule has 2 aromatic carbocycles. The molecule has 0 bridgehead atoms. The number of fused-ring (bicyclic) bond motifs is 1. The van der Waals surface area contributed by atoms with Crippen molar-refractivity contribution in [1.29, 1.82) is 0 Å². The van der Waals surface area contributed by atoms with E-state index in [4.69, 9.17) is 4.74 Å². The van der Waals surface area contributed by atoms with Crippen LogP contribution in [-0.4, -0.2) is 28.8 Å². The van der Waals surface area contributed by atoms with Crippen molar-refractivity contribution in [1.82, 2.24) is 15.1 Å². The van der Waals surface area contributed by atoms with E-state index in [1.165, 1.54) is 4.68 Å². The average Bonchev–Trinajstić information content (AvgIpc) is 2.70. The highest BCUT2D eigenvalue weighted by Gasteiger charge is 2.16. The van der Waals surface area contributed by atoms with Crippen LogP contribution in [0.4, 0.5) is 0 Å². The minimum Gasteiger partial charge on any atom is -0.494 e. The van der Waals surface area contributed by atoms with Crippen LogP contribution in [0.25, 0.3) is 10.8 Å². The van der Waals surface area contributed by atoms with E-state index in [1.807, 2.05) is 44.2 Å². The number of rotatable bonds is 8. The SMILES string of the molecule is CC(C)Cn1nc(C(=O)NCCCOc2ccccc2)c2ccccc2c1=O. The number of carbonyl (C=O) groups is 1. The lowest BCUT2D eigenvalue weighted by molar-refractivity contribution is 0.0945. The van der Waals surface area contributed by atoms with Crippen LogP contribution in [0.2, 0.25) is 0 Å². The molecule has 146 valence electrons. The molecular weight excluding hydrogens is 354 g/mol. The summed E-state index contributed by atoms with van der Waals surface area (Å²) in [5.74, 6) is 0.771. The number of nitrogens with zero attached hydrogens (tertiary/aromatic N) is 2. The third-order valence-corrected chi connectivity index (χ3v) is 4.24. The van der Waals surface area contributed by atoms with Gasteiger partial charge in [0.05, 0.1) is 12.0 Å². The number of hydrogen-bond donors (Lipinski definition) is 1. The Hall–Kier alpha value is -3.15. The number of benzene rings is 2. The largest absolute Gasteiger partial charge is 0.494 e. The maximum atomic E-state index is 12.7. The fraction of sp³-hybridized carbons (Fsp3) is 0.318. The Kier molecular flexibility index (Phi) is 6.42. The highest BCUT2D eigenvalue weighted by molar-refractivity contribution is 6.04. The topological polar surface area (TPSA) is 73.2 Å². The molecule has 0 saturated carbocycles. The third-order valence-electron chi connectivity index (χ3n) is 4.24. The maximum absolute atomic E-state index is 12.7. The van der Waals surface area contributed by atoms with Gasteiger partial charge in [0.25, 0.3) is 11.5 Å². The molecule has 1 N–H and O–H groups in total. The molecule has 0 fully saturated rings. The van der Waals surface area contributed by atoms with Crippen LogP contribution in [-0.2, 0) is 6.54 Å². The number of ether oxygens (including phenoxy) is 1. The Bertz CT molecular complexity index is 997. The first-order chi connectivity index (χ1) is 13.6. The second-order valence-electron chi connectivity index (χ2n) is 7.05. The molecule has 0 spiro atoms. The fourth-order valence-corrected chi connectivity index (χ4v) is 2.94. The molecule has 28 heavy (non-hydrogen) atoms. The molecular formula is C22H25N3O3. The Morgan fingerprint density at radius 3 is 2.46 bits per heavy atom. The minimum atomic E-state index is -0.284. The van der Waals surface area contributed by atoms with Crippen molar-refractivity contribution >= 4 is 16.7 Å². The van der Waals surface area contributed by atoms with Crippen molar-refractivity contribution in [2.75, 3.05) is 13.2 Å². The predicted molar refractivity (Wildman–Crippen MR) is 110 cm³/mol. The molecule has 1 amide bonds. The van der Waals surface area contributed by atoms with Gasteiger partial charge in [-0.25, -0.2) is 4.68 Å². The van der Waals surface area contributed by atoms with Gasteiger partial charge in [0.1, 0.15) is 5.75 Å². The number of nitrogens with one attached hydrogen (secondary N) is 1. The highest BCUT2D eigenvalue weighted by Crippen LogP contribution is 2.14. The lowest BCUT2D eigenvalue weighted by Crippen LogP contribution is -2.32. The van der Waals surface area contributed by atoms with Crippen LogP contribution in [0.5, 0.6) is 5.75 Å². The molecule has 0 radical (unpaired) electrons. The highest BCUT2D eigenvalue weighted by atomic mass is 16.5. The Morgan fingerprint density at radius 2 is 1.75 bits per heavy atom. The Morgan fingerprint density at radius 1 is 1.07 bits per heavy atom. The number of carbonyl (C=O) groups excluding carboxylic acids is 1. The standard InChI is InChI=1S/C22H25N3O3/c1-16(2)15-25-22(27)19-12-7-6-11-18(19)20(24-25)21(26)23-13-8-14-28-17-9-4-3-5-10-17/h3-7,9-12,16H,8,13-15H2,1-2H3,(H,23,26). The molecule has 0 saturated heterocycles. The summed E-state index contributed by atoms with van der Waals surface area (Å²) in [5, 5.41) is 8.31. The molecule has 3 rings (SSSR count). The molecule has 0 aliphatic heterocycles. The Labute approximate surface area is 164 Å². The zero-order valence-electron chi connectivity index (χ0n) is 16.2. The van der Waals surface area contributed by atoms with E-state index in [9.17, 15) is 9.59 Å². The molecule has 0 unspecified atom stereocenters. The van der Waals surface area contributed by atoms with Gasteiger partial charge in [-0.15, -0.1) is 0 Å². The van der Waals surface area contributed by atoms with E-state index >= 15 is 0 Å². The van der Waals surface area contributed by atoms with E-state index in [-0.39, 0.29) is 23.1 Å². The molecule has 3 aromatic rings. The van der Waals surface area contributed by atoms with Crippen LogP contribution in [0, 0.1) is 5.92 Å². The first-order valence-electron chi connectivity index (χ1n) is 9.52. The fourth-order valence-electron chi connectivity index (χ4n) is 2.94. The Balaban J connectivity index is 1.68. The van der Waals surface area contributed by atoms with Gasteiger partial charge in [0, 0.05) is 18.5 Å². The van der Waals surface area contributed by atoms with Crippen molar-refractivity contribution in [2.24, 2.45) is 5.92 Å². The third kappa shape index (κ3) is 4.76. The summed E-state index contributed by atoms with van der Waals surface area (Å²) < 4.78 is 7.02. The van der Waals surface area contributed by atoms with E-state index < -0.39 is 0 Å². The summed E-state index contributed by atoms with van der Waals surface area (Å²) >= 11 is 0. The number of amides is 1. The van der Waals surface area contributed by atoms with E-state index in [0.717, 1.165) is 5.75 Å². The van der Waals surface area contributed by atoms with Gasteiger partial charge in [-0.1, -0.05) is 50.2 Å². The van der Waals surface area contributed by atoms with Gasteiger partial charge < -0.3 is 10.1 Å². The van der Waals surface area contributed by atoms with Crippen LogP contribution < -0.4 is 15.6 Å². The molecule has 0 atom stereocenters. The van der Waals surface area contributed by atoms with Crippen molar-refractivity contribution in [2.45, 2.75) is 26.8 Å². The number of hydrogen-bond acceptors (Lipinski definition) is 4. The predicted octanol–water partition coefficient (Wildman–Crippen LogP) is 3.25. The van der Waals surface area contributed by atoms with Gasteiger partial charge in [-0.3, -0.25) is 9.59 Å². The van der Waals surface area contributed by atoms with Crippen molar-refractivity contribution in [3.8, 4) is 5.75 Å². The molecule has 6 nitrogen and oxygen atoms in total. The van der Waals surface area contributed by atoms with Crippen LogP contribution >= 0.6 is 0 Å². The minimum absolute atomic E-state index is 0.169. The van der Waals surface area contributed by atoms with Gasteiger partial charge in [-0.2, -0.15) is 5.10 Å². The second kappa shape index (κ2) is 9.17. The van der Waals surface area contributed by atoms with Gasteiger partial charge in [0.2, 0.25) is 0 Å². The summed E-state index contributed by atoms with van der Waals surface area (Å²) in [4.78, 5) is 25.3. The quantitative estimate of drug-likeness (QED) is 0.610. The number of aromatic nitrogens is 2. The first-order valence-corrected chi connectivity index (χ1v) is 9.52.